The van der Waals surface area contributed by atoms with Crippen molar-refractivity contribution in [3.63, 3.8) is 0 Å². The van der Waals surface area contributed by atoms with Crippen molar-refractivity contribution in [3.05, 3.63) is 124 Å². The van der Waals surface area contributed by atoms with Crippen molar-refractivity contribution in [3.8, 4) is 5.75 Å². The van der Waals surface area contributed by atoms with Crippen molar-refractivity contribution >= 4 is 33.2 Å². The number of carbonyl (C=O) groups excluding carboxylic acids is 1. The largest absolute Gasteiger partial charge is 0.497 e. The van der Waals surface area contributed by atoms with Crippen LogP contribution in [0.2, 0.25) is 5.02 Å². The summed E-state index contributed by atoms with van der Waals surface area (Å²) < 4.78 is 34.5. The molecule has 4 aromatic carbocycles. The van der Waals surface area contributed by atoms with E-state index in [4.69, 9.17) is 16.3 Å². The van der Waals surface area contributed by atoms with Crippen LogP contribution >= 0.6 is 11.6 Å². The van der Waals surface area contributed by atoms with E-state index >= 15 is 0 Å². The quantitative estimate of drug-likeness (QED) is 0.227. The predicted molar refractivity (Wildman–Crippen MR) is 156 cm³/mol. The zero-order valence-electron chi connectivity index (χ0n) is 22.1. The lowest BCUT2D eigenvalue weighted by Crippen LogP contribution is -2.34. The fourth-order valence-corrected chi connectivity index (χ4v) is 5.87. The van der Waals surface area contributed by atoms with Gasteiger partial charge in [-0.2, -0.15) is 0 Å². The van der Waals surface area contributed by atoms with E-state index in [1.54, 1.807) is 79.9 Å². The molecule has 4 rings (SSSR count). The molecule has 0 bridgehead atoms. The molecular formula is C31H31ClN2O4S. The number of amides is 1. The number of carbonyl (C=O) groups is 1. The molecule has 0 aliphatic carbocycles. The molecule has 0 aromatic heterocycles. The van der Waals surface area contributed by atoms with Gasteiger partial charge in [0.2, 0.25) is 0 Å². The van der Waals surface area contributed by atoms with Gasteiger partial charge in [-0.05, 0) is 73.0 Å². The molecule has 0 aliphatic heterocycles. The van der Waals surface area contributed by atoms with Crippen LogP contribution in [-0.4, -0.2) is 21.4 Å². The second-order valence-electron chi connectivity index (χ2n) is 9.18. The second-order valence-corrected chi connectivity index (χ2v) is 11.5. The van der Waals surface area contributed by atoms with Crippen LogP contribution in [0.15, 0.2) is 102 Å². The summed E-state index contributed by atoms with van der Waals surface area (Å²) in [4.78, 5) is 13.8. The van der Waals surface area contributed by atoms with E-state index in [-0.39, 0.29) is 34.6 Å². The minimum Gasteiger partial charge on any atom is -0.497 e. The molecule has 202 valence electrons. The van der Waals surface area contributed by atoms with Crippen LogP contribution in [0.4, 0.5) is 5.69 Å². The van der Waals surface area contributed by atoms with Gasteiger partial charge in [0.15, 0.2) is 0 Å². The van der Waals surface area contributed by atoms with E-state index in [1.807, 2.05) is 38.1 Å². The molecule has 4 aromatic rings. The molecule has 39 heavy (non-hydrogen) atoms. The normalized spacial score (nSPS) is 12.0. The lowest BCUT2D eigenvalue weighted by molar-refractivity contribution is 0.0936. The van der Waals surface area contributed by atoms with Crippen molar-refractivity contribution in [1.82, 2.24) is 5.32 Å². The monoisotopic (exact) mass is 562 g/mol. The minimum atomic E-state index is -4.02. The SMILES string of the molecule is CC[C@H](NC(=O)c1ccccc1N(Cc1ccc(Cl)cc1)S(=O)(=O)c1ccc(C)cc1)c1ccc(OC)cc1. The Kier molecular flexibility index (Phi) is 8.94. The number of anilines is 1. The highest BCUT2D eigenvalue weighted by molar-refractivity contribution is 7.92. The van der Waals surface area contributed by atoms with Gasteiger partial charge >= 0.3 is 0 Å². The van der Waals surface area contributed by atoms with E-state index < -0.39 is 10.0 Å². The van der Waals surface area contributed by atoms with E-state index in [0.29, 0.717) is 11.4 Å². The van der Waals surface area contributed by atoms with Crippen molar-refractivity contribution in [2.75, 3.05) is 11.4 Å². The number of hydrogen-bond donors (Lipinski definition) is 1. The Morgan fingerprint density at radius 3 is 2.18 bits per heavy atom. The fraction of sp³-hybridized carbons (Fsp3) is 0.194. The van der Waals surface area contributed by atoms with Gasteiger partial charge in [-0.25, -0.2) is 8.42 Å². The molecule has 1 atom stereocenters. The van der Waals surface area contributed by atoms with E-state index in [9.17, 15) is 13.2 Å². The highest BCUT2D eigenvalue weighted by Crippen LogP contribution is 2.30. The molecule has 1 amide bonds. The van der Waals surface area contributed by atoms with Crippen LogP contribution in [0.1, 0.15) is 46.4 Å². The maximum atomic E-state index is 14.0. The smallest absolute Gasteiger partial charge is 0.264 e. The van der Waals surface area contributed by atoms with Crippen LogP contribution in [-0.2, 0) is 16.6 Å². The lowest BCUT2D eigenvalue weighted by atomic mass is 10.0. The molecule has 0 aliphatic rings. The number of benzene rings is 4. The Balaban J connectivity index is 1.74. The van der Waals surface area contributed by atoms with E-state index in [2.05, 4.69) is 5.32 Å². The molecule has 0 unspecified atom stereocenters. The van der Waals surface area contributed by atoms with Gasteiger partial charge < -0.3 is 10.1 Å². The van der Waals surface area contributed by atoms with Gasteiger partial charge in [-0.1, -0.05) is 72.6 Å². The minimum absolute atomic E-state index is 0.0212. The summed E-state index contributed by atoms with van der Waals surface area (Å²) in [6.07, 6.45) is 0.649. The third-order valence-corrected chi connectivity index (χ3v) is 8.52. The Hall–Kier alpha value is -3.81. The van der Waals surface area contributed by atoms with Crippen molar-refractivity contribution in [1.29, 1.82) is 0 Å². The number of ether oxygens (including phenoxy) is 1. The molecular weight excluding hydrogens is 532 g/mol. The van der Waals surface area contributed by atoms with Crippen molar-refractivity contribution in [2.45, 2.75) is 37.8 Å². The number of methoxy groups -OCH3 is 1. The molecule has 1 N–H and O–H groups in total. The molecule has 8 heteroatoms. The number of hydrogen-bond acceptors (Lipinski definition) is 4. The number of aryl methyl sites for hydroxylation is 1. The van der Waals surface area contributed by atoms with Gasteiger partial charge in [0.1, 0.15) is 5.75 Å². The van der Waals surface area contributed by atoms with Crippen LogP contribution in [0.5, 0.6) is 5.75 Å². The zero-order chi connectivity index (χ0) is 28.0. The molecule has 6 nitrogen and oxygen atoms in total. The Morgan fingerprint density at radius 2 is 1.56 bits per heavy atom. The topological polar surface area (TPSA) is 75.7 Å². The zero-order valence-corrected chi connectivity index (χ0v) is 23.7. The third kappa shape index (κ3) is 6.61. The number of nitrogens with zero attached hydrogens (tertiary/aromatic N) is 1. The van der Waals surface area contributed by atoms with Gasteiger partial charge in [-0.15, -0.1) is 0 Å². The average molecular weight is 563 g/mol. The number of para-hydroxylation sites is 1. The molecule has 0 radical (unpaired) electrons. The Bertz CT molecular complexity index is 1520. The number of halogens is 1. The van der Waals surface area contributed by atoms with E-state index in [0.717, 1.165) is 22.4 Å². The summed E-state index contributed by atoms with van der Waals surface area (Å²) in [5.74, 6) is 0.359. The number of nitrogens with one attached hydrogen (secondary N) is 1. The summed E-state index contributed by atoms with van der Waals surface area (Å²) in [6.45, 7) is 3.90. The molecule has 0 saturated heterocycles. The molecule has 0 fully saturated rings. The maximum Gasteiger partial charge on any atom is 0.264 e. The highest BCUT2D eigenvalue weighted by Gasteiger charge is 2.29. The predicted octanol–water partition coefficient (Wildman–Crippen LogP) is 6.93. The summed E-state index contributed by atoms with van der Waals surface area (Å²) in [7, 11) is -2.42. The van der Waals surface area contributed by atoms with Crippen LogP contribution in [0.3, 0.4) is 0 Å². The summed E-state index contributed by atoms with van der Waals surface area (Å²) >= 11 is 6.07. The summed E-state index contributed by atoms with van der Waals surface area (Å²) in [5.41, 5.74) is 3.15. The van der Waals surface area contributed by atoms with Crippen molar-refractivity contribution in [2.24, 2.45) is 0 Å². The van der Waals surface area contributed by atoms with Crippen LogP contribution in [0, 0.1) is 6.92 Å². The molecule has 0 spiro atoms. The first-order valence-corrected chi connectivity index (χ1v) is 14.4. The highest BCUT2D eigenvalue weighted by atomic mass is 35.5. The standard InChI is InChI=1S/C31H31ClN2O4S/c1-4-29(24-13-17-26(38-3)18-14-24)33-31(35)28-7-5-6-8-30(28)34(21-23-11-15-25(32)16-12-23)39(36,37)27-19-9-22(2)10-20-27/h5-20,29H,4,21H2,1-3H3,(H,33,35)/t29-/m0/s1. The maximum absolute atomic E-state index is 14.0. The first-order chi connectivity index (χ1) is 18.7. The molecule has 0 saturated carbocycles. The number of rotatable bonds is 10. The van der Waals surface area contributed by atoms with Gasteiger partial charge in [-0.3, -0.25) is 9.10 Å². The summed E-state index contributed by atoms with van der Waals surface area (Å²) in [5, 5.41) is 3.63. The summed E-state index contributed by atoms with van der Waals surface area (Å²) in [6, 6.07) is 27.7. The average Bonchev–Trinajstić information content (AvgIpc) is 2.95. The third-order valence-electron chi connectivity index (χ3n) is 6.50. The Morgan fingerprint density at radius 1 is 0.923 bits per heavy atom. The molecule has 0 heterocycles. The first-order valence-electron chi connectivity index (χ1n) is 12.6. The Labute approximate surface area is 235 Å². The van der Waals surface area contributed by atoms with Crippen LogP contribution < -0.4 is 14.4 Å². The van der Waals surface area contributed by atoms with Crippen molar-refractivity contribution < 1.29 is 17.9 Å². The fourth-order valence-electron chi connectivity index (χ4n) is 4.27. The van der Waals surface area contributed by atoms with Crippen LogP contribution in [0.25, 0.3) is 0 Å². The van der Waals surface area contributed by atoms with E-state index in [1.165, 1.54) is 4.31 Å². The second kappa shape index (κ2) is 12.4. The first kappa shape index (κ1) is 28.2. The van der Waals surface area contributed by atoms with Gasteiger partial charge in [0, 0.05) is 5.02 Å². The lowest BCUT2D eigenvalue weighted by Gasteiger charge is -2.27. The number of sulfonamides is 1. The van der Waals surface area contributed by atoms with Gasteiger partial charge in [0.25, 0.3) is 15.9 Å². The van der Waals surface area contributed by atoms with Gasteiger partial charge in [0.05, 0.1) is 35.8 Å².